The first-order valence-corrected chi connectivity index (χ1v) is 6.74. The van der Waals surface area contributed by atoms with Crippen LogP contribution in [0, 0.1) is 10.1 Å². The number of nitro groups is 1. The zero-order valence-electron chi connectivity index (χ0n) is 11.9. The first-order chi connectivity index (χ1) is 11.0. The number of amides is 1. The monoisotopic (exact) mass is 308 g/mol. The molecular formula is C16H12N4O3. The Labute approximate surface area is 130 Å². The topological polar surface area (TPSA) is 111 Å². The fraction of sp³-hybridized carbons (Fsp3) is 0. The number of hydrogen-bond donors (Lipinski definition) is 2. The molecule has 0 spiro atoms. The number of anilines is 2. The van der Waals surface area contributed by atoms with Crippen LogP contribution in [0.2, 0.25) is 0 Å². The summed E-state index contributed by atoms with van der Waals surface area (Å²) in [6.07, 6.45) is 1.58. The van der Waals surface area contributed by atoms with Crippen molar-refractivity contribution in [3.8, 4) is 0 Å². The van der Waals surface area contributed by atoms with Crippen molar-refractivity contribution < 1.29 is 9.72 Å². The van der Waals surface area contributed by atoms with Crippen molar-refractivity contribution >= 4 is 33.9 Å². The van der Waals surface area contributed by atoms with Crippen LogP contribution in [-0.2, 0) is 0 Å². The zero-order valence-corrected chi connectivity index (χ0v) is 11.9. The molecule has 7 nitrogen and oxygen atoms in total. The number of carbonyl (C=O) groups excluding carboxylic acids is 1. The summed E-state index contributed by atoms with van der Waals surface area (Å²) >= 11 is 0. The molecule has 1 amide bonds. The summed E-state index contributed by atoms with van der Waals surface area (Å²) in [5.41, 5.74) is 7.67. The van der Waals surface area contributed by atoms with Gasteiger partial charge < -0.3 is 11.1 Å². The van der Waals surface area contributed by atoms with Crippen LogP contribution < -0.4 is 11.1 Å². The van der Waals surface area contributed by atoms with Gasteiger partial charge in [0.2, 0.25) is 5.91 Å². The van der Waals surface area contributed by atoms with E-state index in [4.69, 9.17) is 5.73 Å². The third kappa shape index (κ3) is 2.93. The Hall–Kier alpha value is -3.48. The Morgan fingerprint density at radius 2 is 1.87 bits per heavy atom. The fourth-order valence-electron chi connectivity index (χ4n) is 2.23. The van der Waals surface area contributed by atoms with E-state index in [-0.39, 0.29) is 5.69 Å². The van der Waals surface area contributed by atoms with Crippen LogP contribution in [0.15, 0.2) is 54.7 Å². The van der Waals surface area contributed by atoms with Crippen molar-refractivity contribution in [2.75, 3.05) is 5.32 Å². The second kappa shape index (κ2) is 5.72. The van der Waals surface area contributed by atoms with Crippen molar-refractivity contribution in [3.63, 3.8) is 0 Å². The van der Waals surface area contributed by atoms with Crippen LogP contribution in [0.25, 0.3) is 10.9 Å². The Balaban J connectivity index is 1.96. The van der Waals surface area contributed by atoms with Gasteiger partial charge in [-0.15, -0.1) is 0 Å². The van der Waals surface area contributed by atoms with Gasteiger partial charge in [0.25, 0.3) is 5.69 Å². The number of rotatable bonds is 4. The summed E-state index contributed by atoms with van der Waals surface area (Å²) in [7, 11) is 0. The van der Waals surface area contributed by atoms with E-state index >= 15 is 0 Å². The van der Waals surface area contributed by atoms with Crippen LogP contribution in [0.1, 0.15) is 10.4 Å². The number of nitrogens with two attached hydrogens (primary N) is 1. The molecule has 0 aliphatic carbocycles. The maximum Gasteiger partial charge on any atom is 0.271 e. The quantitative estimate of drug-likeness (QED) is 0.568. The molecule has 0 aliphatic heterocycles. The van der Waals surface area contributed by atoms with Crippen molar-refractivity contribution in [1.29, 1.82) is 0 Å². The molecule has 3 N–H and O–H groups in total. The lowest BCUT2D eigenvalue weighted by Crippen LogP contribution is -2.10. The average molecular weight is 308 g/mol. The second-order valence-electron chi connectivity index (χ2n) is 4.88. The number of aromatic nitrogens is 1. The van der Waals surface area contributed by atoms with Gasteiger partial charge in [0, 0.05) is 40.7 Å². The Morgan fingerprint density at radius 1 is 1.13 bits per heavy atom. The number of nitrogens with one attached hydrogen (secondary N) is 1. The summed E-state index contributed by atoms with van der Waals surface area (Å²) in [5, 5.41) is 14.8. The van der Waals surface area contributed by atoms with Gasteiger partial charge in [-0.05, 0) is 36.4 Å². The largest absolute Gasteiger partial charge is 0.366 e. The maximum atomic E-state index is 11.1. The van der Waals surface area contributed by atoms with E-state index in [0.29, 0.717) is 11.1 Å². The van der Waals surface area contributed by atoms with E-state index in [1.807, 2.05) is 0 Å². The van der Waals surface area contributed by atoms with E-state index in [1.54, 1.807) is 42.6 Å². The first-order valence-electron chi connectivity index (χ1n) is 6.74. The minimum absolute atomic E-state index is 0.00652. The minimum Gasteiger partial charge on any atom is -0.366 e. The molecule has 114 valence electrons. The van der Waals surface area contributed by atoms with Gasteiger partial charge >= 0.3 is 0 Å². The highest BCUT2D eigenvalue weighted by atomic mass is 16.6. The predicted molar refractivity (Wildman–Crippen MR) is 86.6 cm³/mol. The molecule has 0 saturated carbocycles. The van der Waals surface area contributed by atoms with Crippen LogP contribution in [-0.4, -0.2) is 15.8 Å². The number of nitro benzene ring substituents is 1. The highest BCUT2D eigenvalue weighted by Gasteiger charge is 2.09. The van der Waals surface area contributed by atoms with E-state index < -0.39 is 10.8 Å². The molecule has 1 aromatic heterocycles. The normalized spacial score (nSPS) is 10.4. The van der Waals surface area contributed by atoms with Gasteiger partial charge in [-0.3, -0.25) is 19.9 Å². The molecule has 0 unspecified atom stereocenters. The Morgan fingerprint density at radius 3 is 2.52 bits per heavy atom. The third-order valence-electron chi connectivity index (χ3n) is 3.39. The molecule has 0 saturated heterocycles. The lowest BCUT2D eigenvalue weighted by atomic mass is 10.1. The van der Waals surface area contributed by atoms with Crippen molar-refractivity contribution in [1.82, 2.24) is 4.98 Å². The Bertz CT molecular complexity index is 907. The van der Waals surface area contributed by atoms with Gasteiger partial charge in [0.15, 0.2) is 0 Å². The highest BCUT2D eigenvalue weighted by Crippen LogP contribution is 2.27. The smallest absolute Gasteiger partial charge is 0.271 e. The fourth-order valence-corrected chi connectivity index (χ4v) is 2.23. The summed E-state index contributed by atoms with van der Waals surface area (Å²) in [6.45, 7) is 0. The summed E-state index contributed by atoms with van der Waals surface area (Å²) in [6, 6.07) is 13.0. The molecule has 0 radical (unpaired) electrons. The number of fused-ring (bicyclic) bond motifs is 1. The molecule has 1 heterocycles. The lowest BCUT2D eigenvalue weighted by Gasteiger charge is -2.09. The number of pyridine rings is 1. The molecule has 3 rings (SSSR count). The van der Waals surface area contributed by atoms with Crippen LogP contribution in [0.4, 0.5) is 17.1 Å². The third-order valence-corrected chi connectivity index (χ3v) is 3.39. The maximum absolute atomic E-state index is 11.1. The summed E-state index contributed by atoms with van der Waals surface area (Å²) < 4.78 is 0. The first kappa shape index (κ1) is 14.5. The van der Waals surface area contributed by atoms with Gasteiger partial charge in [0.05, 0.1) is 10.4 Å². The molecular weight excluding hydrogens is 296 g/mol. The van der Waals surface area contributed by atoms with Crippen LogP contribution >= 0.6 is 0 Å². The molecule has 0 aliphatic rings. The van der Waals surface area contributed by atoms with E-state index in [1.165, 1.54) is 12.1 Å². The molecule has 23 heavy (non-hydrogen) atoms. The molecule has 3 aromatic rings. The standard InChI is InChI=1S/C16H12N4O3/c17-16(21)10-1-3-11(4-2-10)19-14-7-8-18-15-9-12(20(22)23)5-6-13(14)15/h1-9H,(H2,17,21)(H,18,19). The van der Waals surface area contributed by atoms with Crippen molar-refractivity contribution in [2.24, 2.45) is 5.73 Å². The Kier molecular flexibility index (Phi) is 3.60. The number of benzene rings is 2. The van der Waals surface area contributed by atoms with Gasteiger partial charge in [-0.2, -0.15) is 0 Å². The molecule has 0 fully saturated rings. The molecule has 7 heteroatoms. The molecule has 0 atom stereocenters. The average Bonchev–Trinajstić information content (AvgIpc) is 2.55. The predicted octanol–water partition coefficient (Wildman–Crippen LogP) is 2.99. The number of nitrogens with zero attached hydrogens (tertiary/aromatic N) is 2. The summed E-state index contributed by atoms with van der Waals surface area (Å²) in [4.78, 5) is 25.6. The van der Waals surface area contributed by atoms with E-state index in [2.05, 4.69) is 10.3 Å². The van der Waals surface area contributed by atoms with Crippen molar-refractivity contribution in [2.45, 2.75) is 0 Å². The molecule has 0 bridgehead atoms. The lowest BCUT2D eigenvalue weighted by molar-refractivity contribution is -0.384. The number of carbonyl (C=O) groups is 1. The second-order valence-corrected chi connectivity index (χ2v) is 4.88. The highest BCUT2D eigenvalue weighted by molar-refractivity contribution is 5.95. The van der Waals surface area contributed by atoms with Crippen LogP contribution in [0.5, 0.6) is 0 Å². The number of non-ortho nitro benzene ring substituents is 1. The van der Waals surface area contributed by atoms with Gasteiger partial charge in [0.1, 0.15) is 0 Å². The minimum atomic E-state index is -0.488. The van der Waals surface area contributed by atoms with Gasteiger partial charge in [-0.1, -0.05) is 0 Å². The van der Waals surface area contributed by atoms with E-state index in [9.17, 15) is 14.9 Å². The zero-order chi connectivity index (χ0) is 16.4. The molecule has 2 aromatic carbocycles. The summed E-state index contributed by atoms with van der Waals surface area (Å²) in [5.74, 6) is -0.488. The number of primary amides is 1. The van der Waals surface area contributed by atoms with Gasteiger partial charge in [-0.25, -0.2) is 0 Å². The van der Waals surface area contributed by atoms with Crippen molar-refractivity contribution in [3.05, 3.63) is 70.4 Å². The van der Waals surface area contributed by atoms with Crippen LogP contribution in [0.3, 0.4) is 0 Å². The SMILES string of the molecule is NC(=O)c1ccc(Nc2ccnc3cc([N+](=O)[O-])ccc23)cc1. The number of hydrogen-bond acceptors (Lipinski definition) is 5. The van der Waals surface area contributed by atoms with E-state index in [0.717, 1.165) is 16.8 Å².